The number of likely N-dealkylation sites (N-methyl/N-ethyl adjacent to an activating group) is 1. The summed E-state index contributed by atoms with van der Waals surface area (Å²) in [6.45, 7) is 3.31. The van der Waals surface area contributed by atoms with Crippen molar-refractivity contribution in [1.29, 1.82) is 0 Å². The average Bonchev–Trinajstić information content (AvgIpc) is 3.13. The SMILES string of the molecule is CN(C)C(=O)COCC[C@@H]1CO[C@@H]2CN(c3ncccn3)C[C@H]12. The van der Waals surface area contributed by atoms with Gasteiger partial charge in [0.25, 0.3) is 0 Å². The highest BCUT2D eigenvalue weighted by Crippen LogP contribution is 2.36. The molecule has 1 aromatic rings. The number of rotatable bonds is 6. The first kappa shape index (κ1) is 16.1. The van der Waals surface area contributed by atoms with E-state index in [9.17, 15) is 4.79 Å². The van der Waals surface area contributed by atoms with Crippen LogP contribution in [0, 0.1) is 11.8 Å². The Morgan fingerprint density at radius 1 is 1.39 bits per heavy atom. The molecule has 0 aromatic carbocycles. The zero-order valence-corrected chi connectivity index (χ0v) is 13.7. The number of fused-ring (bicyclic) bond motifs is 1. The average molecular weight is 320 g/mol. The number of nitrogens with zero attached hydrogens (tertiary/aromatic N) is 4. The van der Waals surface area contributed by atoms with Crippen molar-refractivity contribution in [1.82, 2.24) is 14.9 Å². The maximum Gasteiger partial charge on any atom is 0.248 e. The summed E-state index contributed by atoms with van der Waals surface area (Å²) in [5.74, 6) is 1.74. The van der Waals surface area contributed by atoms with Gasteiger partial charge in [-0.05, 0) is 18.4 Å². The minimum absolute atomic E-state index is 0.00110. The third kappa shape index (κ3) is 3.79. The van der Waals surface area contributed by atoms with Crippen LogP contribution >= 0.6 is 0 Å². The van der Waals surface area contributed by atoms with E-state index < -0.39 is 0 Å². The van der Waals surface area contributed by atoms with Crippen molar-refractivity contribution in [2.45, 2.75) is 12.5 Å². The van der Waals surface area contributed by atoms with Gasteiger partial charge in [-0.1, -0.05) is 0 Å². The number of hydrogen-bond acceptors (Lipinski definition) is 6. The van der Waals surface area contributed by atoms with E-state index in [-0.39, 0.29) is 18.6 Å². The van der Waals surface area contributed by atoms with Gasteiger partial charge in [0.2, 0.25) is 11.9 Å². The van der Waals surface area contributed by atoms with Crippen molar-refractivity contribution in [3.63, 3.8) is 0 Å². The summed E-state index contributed by atoms with van der Waals surface area (Å²) in [6.07, 6.45) is 4.72. The molecule has 1 amide bonds. The first-order chi connectivity index (χ1) is 11.1. The van der Waals surface area contributed by atoms with Crippen LogP contribution in [0.25, 0.3) is 0 Å². The maximum atomic E-state index is 11.5. The van der Waals surface area contributed by atoms with Crippen LogP contribution in [0.3, 0.4) is 0 Å². The van der Waals surface area contributed by atoms with Crippen molar-refractivity contribution in [3.05, 3.63) is 18.5 Å². The second-order valence-electron chi connectivity index (χ2n) is 6.38. The Labute approximate surface area is 136 Å². The molecule has 0 spiro atoms. The van der Waals surface area contributed by atoms with Crippen LogP contribution in [0.2, 0.25) is 0 Å². The minimum atomic E-state index is -0.00110. The Morgan fingerprint density at radius 2 is 2.17 bits per heavy atom. The summed E-state index contributed by atoms with van der Waals surface area (Å²) < 4.78 is 11.4. The molecule has 7 nitrogen and oxygen atoms in total. The first-order valence-corrected chi connectivity index (χ1v) is 8.06. The van der Waals surface area contributed by atoms with Crippen LogP contribution in [0.1, 0.15) is 6.42 Å². The van der Waals surface area contributed by atoms with Crippen LogP contribution < -0.4 is 4.90 Å². The number of anilines is 1. The maximum absolute atomic E-state index is 11.5. The van der Waals surface area contributed by atoms with Gasteiger partial charge in [0, 0.05) is 52.1 Å². The van der Waals surface area contributed by atoms with E-state index in [1.165, 1.54) is 0 Å². The lowest BCUT2D eigenvalue weighted by molar-refractivity contribution is -0.133. The summed E-state index contributed by atoms with van der Waals surface area (Å²) in [6, 6.07) is 1.83. The highest BCUT2D eigenvalue weighted by molar-refractivity contribution is 5.76. The summed E-state index contributed by atoms with van der Waals surface area (Å²) in [4.78, 5) is 23.8. The van der Waals surface area contributed by atoms with Crippen molar-refractivity contribution in [3.8, 4) is 0 Å². The van der Waals surface area contributed by atoms with Gasteiger partial charge in [-0.2, -0.15) is 0 Å². The molecule has 7 heteroatoms. The molecule has 1 aromatic heterocycles. The Kier molecular flexibility index (Phi) is 5.07. The quantitative estimate of drug-likeness (QED) is 0.708. The van der Waals surface area contributed by atoms with E-state index in [0.717, 1.165) is 32.1 Å². The van der Waals surface area contributed by atoms with Gasteiger partial charge >= 0.3 is 0 Å². The second-order valence-corrected chi connectivity index (χ2v) is 6.38. The smallest absolute Gasteiger partial charge is 0.248 e. The van der Waals surface area contributed by atoms with Gasteiger partial charge < -0.3 is 19.3 Å². The molecule has 0 bridgehead atoms. The lowest BCUT2D eigenvalue weighted by Gasteiger charge is -2.19. The number of carbonyl (C=O) groups is 1. The molecule has 0 radical (unpaired) electrons. The summed E-state index contributed by atoms with van der Waals surface area (Å²) in [5.41, 5.74) is 0. The van der Waals surface area contributed by atoms with Crippen molar-refractivity contribution < 1.29 is 14.3 Å². The third-order valence-electron chi connectivity index (χ3n) is 4.63. The second kappa shape index (κ2) is 7.23. The fourth-order valence-corrected chi connectivity index (χ4v) is 3.24. The molecule has 3 atom stereocenters. The summed E-state index contributed by atoms with van der Waals surface area (Å²) >= 11 is 0. The van der Waals surface area contributed by atoms with E-state index in [2.05, 4.69) is 14.9 Å². The van der Waals surface area contributed by atoms with E-state index >= 15 is 0 Å². The highest BCUT2D eigenvalue weighted by atomic mass is 16.5. The lowest BCUT2D eigenvalue weighted by atomic mass is 9.91. The third-order valence-corrected chi connectivity index (χ3v) is 4.63. The topological polar surface area (TPSA) is 67.8 Å². The number of ether oxygens (including phenoxy) is 2. The normalized spacial score (nSPS) is 26.3. The molecule has 3 heterocycles. The molecule has 0 aliphatic carbocycles. The number of hydrogen-bond donors (Lipinski definition) is 0. The van der Waals surface area contributed by atoms with E-state index in [1.54, 1.807) is 31.4 Å². The Balaban J connectivity index is 1.45. The van der Waals surface area contributed by atoms with E-state index in [1.807, 2.05) is 6.07 Å². The number of aromatic nitrogens is 2. The summed E-state index contributed by atoms with van der Waals surface area (Å²) in [5, 5.41) is 0. The molecule has 2 fully saturated rings. The largest absolute Gasteiger partial charge is 0.376 e. The minimum Gasteiger partial charge on any atom is -0.376 e. The van der Waals surface area contributed by atoms with Gasteiger partial charge in [0.1, 0.15) is 6.61 Å². The van der Waals surface area contributed by atoms with Gasteiger partial charge in [-0.15, -0.1) is 0 Å². The first-order valence-electron chi connectivity index (χ1n) is 8.06. The predicted molar refractivity (Wildman–Crippen MR) is 85.1 cm³/mol. The Hall–Kier alpha value is -1.73. The van der Waals surface area contributed by atoms with Crippen LogP contribution in [-0.2, 0) is 14.3 Å². The van der Waals surface area contributed by atoms with E-state index in [0.29, 0.717) is 18.4 Å². The van der Waals surface area contributed by atoms with Crippen molar-refractivity contribution >= 4 is 11.9 Å². The van der Waals surface area contributed by atoms with Crippen molar-refractivity contribution in [2.75, 3.05) is 51.9 Å². The molecule has 126 valence electrons. The molecule has 2 aliphatic rings. The molecule has 3 rings (SSSR count). The Morgan fingerprint density at radius 3 is 2.91 bits per heavy atom. The van der Waals surface area contributed by atoms with Gasteiger partial charge in [0.15, 0.2) is 0 Å². The Bertz CT molecular complexity index is 525. The molecular weight excluding hydrogens is 296 g/mol. The number of amides is 1. The highest BCUT2D eigenvalue weighted by Gasteiger charge is 2.44. The monoisotopic (exact) mass is 320 g/mol. The van der Waals surface area contributed by atoms with Gasteiger partial charge in [0.05, 0.1) is 12.7 Å². The fraction of sp³-hybridized carbons (Fsp3) is 0.688. The molecule has 2 saturated heterocycles. The van der Waals surface area contributed by atoms with Crippen LogP contribution in [0.5, 0.6) is 0 Å². The van der Waals surface area contributed by atoms with Gasteiger partial charge in [-0.25, -0.2) is 9.97 Å². The van der Waals surface area contributed by atoms with Crippen LogP contribution in [0.15, 0.2) is 18.5 Å². The zero-order chi connectivity index (χ0) is 16.2. The molecule has 2 aliphatic heterocycles. The fourth-order valence-electron chi connectivity index (χ4n) is 3.24. The van der Waals surface area contributed by atoms with Crippen LogP contribution in [-0.4, -0.2) is 73.9 Å². The van der Waals surface area contributed by atoms with E-state index in [4.69, 9.17) is 9.47 Å². The molecule has 0 N–H and O–H groups in total. The standard InChI is InChI=1S/C16H24N4O3/c1-19(2)15(21)11-22-7-4-12-10-23-14-9-20(8-13(12)14)16-17-5-3-6-18-16/h3,5-6,12-14H,4,7-11H2,1-2H3/t12-,13-,14-/m1/s1. The molecular formula is C16H24N4O3. The lowest BCUT2D eigenvalue weighted by Crippen LogP contribution is -2.27. The zero-order valence-electron chi connectivity index (χ0n) is 13.7. The molecule has 0 unspecified atom stereocenters. The van der Waals surface area contributed by atoms with Crippen LogP contribution in [0.4, 0.5) is 5.95 Å². The number of carbonyl (C=O) groups excluding carboxylic acids is 1. The molecule has 23 heavy (non-hydrogen) atoms. The van der Waals surface area contributed by atoms with Crippen molar-refractivity contribution in [2.24, 2.45) is 11.8 Å². The summed E-state index contributed by atoms with van der Waals surface area (Å²) in [7, 11) is 3.47. The predicted octanol–water partition coefficient (Wildman–Crippen LogP) is 0.423. The van der Waals surface area contributed by atoms with Gasteiger partial charge in [-0.3, -0.25) is 4.79 Å². The molecule has 0 saturated carbocycles.